The summed E-state index contributed by atoms with van der Waals surface area (Å²) in [5.74, 6) is -0.459. The van der Waals surface area contributed by atoms with Crippen LogP contribution >= 0.6 is 12.2 Å². The van der Waals surface area contributed by atoms with Gasteiger partial charge in [0.1, 0.15) is 11.9 Å². The summed E-state index contributed by atoms with van der Waals surface area (Å²) in [6.07, 6.45) is 1.64. The Morgan fingerprint density at radius 3 is 3.00 bits per heavy atom. The second-order valence-electron chi connectivity index (χ2n) is 3.91. The molecule has 3 rings (SSSR count). The molecule has 6 heteroatoms. The van der Waals surface area contributed by atoms with Crippen LogP contribution in [0, 0.1) is 21.9 Å². The first-order valence-corrected chi connectivity index (χ1v) is 5.87. The maximum atomic E-state index is 13.2. The second-order valence-corrected chi connectivity index (χ2v) is 4.30. The molecule has 2 aromatic heterocycles. The molecule has 3 aromatic rings. The Morgan fingerprint density at radius 1 is 1.37 bits per heavy atom. The SMILES string of the molecule is N#Cc1cc(F)ccc1-n1c(=S)[nH]c2cccnc21. The Morgan fingerprint density at radius 2 is 2.21 bits per heavy atom. The fourth-order valence-corrected chi connectivity index (χ4v) is 2.25. The average Bonchev–Trinajstić information content (AvgIpc) is 2.74. The van der Waals surface area contributed by atoms with Crippen molar-refractivity contribution in [3.63, 3.8) is 0 Å². The van der Waals surface area contributed by atoms with Gasteiger partial charge in [-0.1, -0.05) is 0 Å². The number of H-pyrrole nitrogens is 1. The lowest BCUT2D eigenvalue weighted by molar-refractivity contribution is 0.627. The number of nitrogens with one attached hydrogen (secondary N) is 1. The van der Waals surface area contributed by atoms with E-state index in [0.29, 0.717) is 16.1 Å². The molecule has 0 aliphatic heterocycles. The van der Waals surface area contributed by atoms with Crippen LogP contribution in [0.3, 0.4) is 0 Å². The highest BCUT2D eigenvalue weighted by Gasteiger charge is 2.11. The predicted octanol–water partition coefficient (Wildman–Crippen LogP) is 3.09. The van der Waals surface area contributed by atoms with Crippen molar-refractivity contribution in [2.24, 2.45) is 0 Å². The lowest BCUT2D eigenvalue weighted by Gasteiger charge is -2.05. The highest BCUT2D eigenvalue weighted by Crippen LogP contribution is 2.21. The molecule has 0 aliphatic carbocycles. The van der Waals surface area contributed by atoms with Gasteiger partial charge in [-0.2, -0.15) is 5.26 Å². The Balaban J connectivity index is 2.40. The third-order valence-electron chi connectivity index (χ3n) is 2.76. The molecule has 0 amide bonds. The van der Waals surface area contributed by atoms with E-state index in [4.69, 9.17) is 17.5 Å². The molecule has 0 aliphatic rings. The van der Waals surface area contributed by atoms with Crippen LogP contribution in [-0.2, 0) is 0 Å². The molecular weight excluding hydrogens is 263 g/mol. The first-order valence-electron chi connectivity index (χ1n) is 5.46. The van der Waals surface area contributed by atoms with Crippen molar-refractivity contribution in [2.75, 3.05) is 0 Å². The molecule has 0 unspecified atom stereocenters. The molecule has 19 heavy (non-hydrogen) atoms. The van der Waals surface area contributed by atoms with E-state index in [1.54, 1.807) is 16.8 Å². The van der Waals surface area contributed by atoms with Crippen LogP contribution in [0.25, 0.3) is 16.9 Å². The van der Waals surface area contributed by atoms with E-state index in [1.807, 2.05) is 12.1 Å². The third kappa shape index (κ3) is 1.80. The number of imidazole rings is 1. The monoisotopic (exact) mass is 270 g/mol. The molecule has 0 spiro atoms. The topological polar surface area (TPSA) is 57.4 Å². The molecule has 4 nitrogen and oxygen atoms in total. The van der Waals surface area contributed by atoms with Crippen molar-refractivity contribution in [3.8, 4) is 11.8 Å². The first kappa shape index (κ1) is 11.6. The van der Waals surface area contributed by atoms with Gasteiger partial charge in [-0.25, -0.2) is 9.37 Å². The highest BCUT2D eigenvalue weighted by molar-refractivity contribution is 7.71. The fourth-order valence-electron chi connectivity index (χ4n) is 1.96. The summed E-state index contributed by atoms with van der Waals surface area (Å²) in [4.78, 5) is 7.24. The van der Waals surface area contributed by atoms with Gasteiger partial charge in [0.05, 0.1) is 16.8 Å². The van der Waals surface area contributed by atoms with Crippen molar-refractivity contribution in [3.05, 3.63) is 52.7 Å². The lowest BCUT2D eigenvalue weighted by Crippen LogP contribution is -1.99. The number of benzene rings is 1. The van der Waals surface area contributed by atoms with Crippen molar-refractivity contribution in [1.82, 2.24) is 14.5 Å². The Labute approximate surface area is 112 Å². The summed E-state index contributed by atoms with van der Waals surface area (Å²) < 4.78 is 15.2. The smallest absolute Gasteiger partial charge is 0.184 e. The summed E-state index contributed by atoms with van der Waals surface area (Å²) in [6.45, 7) is 0. The minimum absolute atomic E-state index is 0.211. The molecule has 92 valence electrons. The van der Waals surface area contributed by atoms with Crippen LogP contribution in [0.15, 0.2) is 36.5 Å². The van der Waals surface area contributed by atoms with Gasteiger partial charge >= 0.3 is 0 Å². The summed E-state index contributed by atoms with van der Waals surface area (Å²) in [5, 5.41) is 9.11. The molecule has 2 heterocycles. The number of halogens is 1. The number of nitriles is 1. The van der Waals surface area contributed by atoms with Crippen molar-refractivity contribution in [2.45, 2.75) is 0 Å². The Kier molecular flexibility index (Phi) is 2.62. The standard InChI is InChI=1S/C13H7FN4S/c14-9-3-4-11(8(6-9)7-15)18-12-10(17-13(18)19)2-1-5-16-12/h1-6H,(H,17,19). The van der Waals surface area contributed by atoms with E-state index < -0.39 is 5.82 Å². The number of aromatic amines is 1. The van der Waals surface area contributed by atoms with E-state index in [-0.39, 0.29) is 5.56 Å². The molecule has 0 radical (unpaired) electrons. The van der Waals surface area contributed by atoms with Gasteiger partial charge in [-0.15, -0.1) is 0 Å². The van der Waals surface area contributed by atoms with Gasteiger partial charge in [0, 0.05) is 6.20 Å². The quantitative estimate of drug-likeness (QED) is 0.691. The number of hydrogen-bond donors (Lipinski definition) is 1. The minimum Gasteiger partial charge on any atom is -0.329 e. The molecule has 1 aromatic carbocycles. The average molecular weight is 270 g/mol. The van der Waals surface area contributed by atoms with E-state index in [1.165, 1.54) is 18.2 Å². The Hall–Kier alpha value is -2.52. The van der Waals surface area contributed by atoms with Crippen molar-refractivity contribution >= 4 is 23.4 Å². The molecule has 0 fully saturated rings. The number of nitrogens with zero attached hydrogens (tertiary/aromatic N) is 3. The van der Waals surface area contributed by atoms with Crippen LogP contribution in [0.1, 0.15) is 5.56 Å². The zero-order valence-electron chi connectivity index (χ0n) is 9.59. The summed E-state index contributed by atoms with van der Waals surface area (Å²) >= 11 is 5.24. The maximum Gasteiger partial charge on any atom is 0.184 e. The molecule has 1 N–H and O–H groups in total. The Bertz CT molecular complexity index is 872. The summed E-state index contributed by atoms with van der Waals surface area (Å²) in [6, 6.07) is 9.58. The fraction of sp³-hybridized carbons (Fsp3) is 0. The normalized spacial score (nSPS) is 10.5. The van der Waals surface area contributed by atoms with E-state index in [2.05, 4.69) is 9.97 Å². The zero-order valence-corrected chi connectivity index (χ0v) is 10.4. The molecule has 0 bridgehead atoms. The van der Waals surface area contributed by atoms with Gasteiger partial charge in [0.15, 0.2) is 10.4 Å². The molecule has 0 saturated carbocycles. The largest absolute Gasteiger partial charge is 0.329 e. The number of aromatic nitrogens is 3. The van der Waals surface area contributed by atoms with E-state index in [9.17, 15) is 4.39 Å². The van der Waals surface area contributed by atoms with Crippen LogP contribution in [0.4, 0.5) is 4.39 Å². The summed E-state index contributed by atoms with van der Waals surface area (Å²) in [7, 11) is 0. The highest BCUT2D eigenvalue weighted by atomic mass is 32.1. The van der Waals surface area contributed by atoms with Crippen LogP contribution in [0.5, 0.6) is 0 Å². The molecule has 0 saturated heterocycles. The number of pyridine rings is 1. The minimum atomic E-state index is -0.459. The van der Waals surface area contributed by atoms with Gasteiger partial charge in [-0.05, 0) is 42.5 Å². The van der Waals surface area contributed by atoms with Gasteiger partial charge in [-0.3, -0.25) is 4.57 Å². The lowest BCUT2D eigenvalue weighted by atomic mass is 10.2. The summed E-state index contributed by atoms with van der Waals surface area (Å²) in [5.41, 5.74) is 2.10. The first-order chi connectivity index (χ1) is 9.20. The number of hydrogen-bond acceptors (Lipinski definition) is 3. The van der Waals surface area contributed by atoms with Crippen LogP contribution in [0.2, 0.25) is 0 Å². The van der Waals surface area contributed by atoms with Gasteiger partial charge < -0.3 is 4.98 Å². The van der Waals surface area contributed by atoms with E-state index >= 15 is 0 Å². The number of fused-ring (bicyclic) bond motifs is 1. The molecule has 0 atom stereocenters. The zero-order chi connectivity index (χ0) is 13.4. The van der Waals surface area contributed by atoms with Crippen molar-refractivity contribution in [1.29, 1.82) is 5.26 Å². The van der Waals surface area contributed by atoms with Crippen LogP contribution in [-0.4, -0.2) is 14.5 Å². The number of rotatable bonds is 1. The van der Waals surface area contributed by atoms with Gasteiger partial charge in [0.2, 0.25) is 0 Å². The van der Waals surface area contributed by atoms with Crippen LogP contribution < -0.4 is 0 Å². The van der Waals surface area contributed by atoms with Crippen molar-refractivity contribution < 1.29 is 4.39 Å². The second kappa shape index (κ2) is 4.30. The molecular formula is C13H7FN4S. The third-order valence-corrected chi connectivity index (χ3v) is 3.05. The maximum absolute atomic E-state index is 13.2. The predicted molar refractivity (Wildman–Crippen MR) is 70.9 cm³/mol. The van der Waals surface area contributed by atoms with Gasteiger partial charge in [0.25, 0.3) is 0 Å². The van der Waals surface area contributed by atoms with E-state index in [0.717, 1.165) is 5.52 Å².